The molecule has 0 aliphatic carbocycles. The Labute approximate surface area is 116 Å². The van der Waals surface area contributed by atoms with E-state index < -0.39 is 0 Å². The molecule has 3 heterocycles. The summed E-state index contributed by atoms with van der Waals surface area (Å²) in [5.41, 5.74) is -0.387. The summed E-state index contributed by atoms with van der Waals surface area (Å²) in [6.07, 6.45) is 0. The van der Waals surface area contributed by atoms with E-state index in [1.165, 1.54) is 4.88 Å². The summed E-state index contributed by atoms with van der Waals surface area (Å²) in [6.45, 7) is 4.55. The first-order chi connectivity index (χ1) is 9.26. The Morgan fingerprint density at radius 2 is 2.47 bits per heavy atom. The standard InChI is InChI=1S/C13H18N2O3S/c16-12-7-18-13(8-14-12)9-15(3-4-17-10-13)6-11-2-1-5-19-11/h1-2,5H,3-4,6-10H2,(H,14,16)/t13-/m0/s1. The number of thiophene rings is 1. The van der Waals surface area contributed by atoms with Gasteiger partial charge in [-0.3, -0.25) is 9.69 Å². The minimum atomic E-state index is -0.387. The summed E-state index contributed by atoms with van der Waals surface area (Å²) in [6, 6.07) is 4.22. The Morgan fingerprint density at radius 3 is 3.21 bits per heavy atom. The van der Waals surface area contributed by atoms with Gasteiger partial charge in [0.1, 0.15) is 12.2 Å². The molecule has 1 atom stereocenters. The first kappa shape index (κ1) is 13.1. The molecule has 1 aromatic heterocycles. The normalized spacial score (nSPS) is 29.2. The molecule has 0 saturated carbocycles. The van der Waals surface area contributed by atoms with Gasteiger partial charge in [-0.2, -0.15) is 0 Å². The van der Waals surface area contributed by atoms with Gasteiger partial charge in [-0.1, -0.05) is 6.07 Å². The van der Waals surface area contributed by atoms with Crippen LogP contribution >= 0.6 is 11.3 Å². The molecule has 1 amide bonds. The number of carbonyl (C=O) groups excluding carboxylic acids is 1. The number of morpholine rings is 1. The van der Waals surface area contributed by atoms with Crippen molar-refractivity contribution in [1.82, 2.24) is 10.2 Å². The lowest BCUT2D eigenvalue weighted by Crippen LogP contribution is -2.59. The van der Waals surface area contributed by atoms with Crippen molar-refractivity contribution in [2.75, 3.05) is 39.5 Å². The van der Waals surface area contributed by atoms with Crippen LogP contribution < -0.4 is 5.32 Å². The quantitative estimate of drug-likeness (QED) is 0.856. The van der Waals surface area contributed by atoms with Gasteiger partial charge in [0.15, 0.2) is 0 Å². The van der Waals surface area contributed by atoms with Crippen molar-refractivity contribution < 1.29 is 14.3 Å². The highest BCUT2D eigenvalue weighted by atomic mass is 32.1. The van der Waals surface area contributed by atoms with Crippen molar-refractivity contribution in [3.8, 4) is 0 Å². The zero-order valence-electron chi connectivity index (χ0n) is 10.8. The smallest absolute Gasteiger partial charge is 0.246 e. The van der Waals surface area contributed by atoms with Crippen LogP contribution in [0.5, 0.6) is 0 Å². The van der Waals surface area contributed by atoms with Gasteiger partial charge in [-0.25, -0.2) is 0 Å². The molecular formula is C13H18N2O3S. The highest BCUT2D eigenvalue weighted by Crippen LogP contribution is 2.21. The van der Waals surface area contributed by atoms with Crippen molar-refractivity contribution in [1.29, 1.82) is 0 Å². The van der Waals surface area contributed by atoms with Gasteiger partial charge in [-0.15, -0.1) is 11.3 Å². The first-order valence-corrected chi connectivity index (χ1v) is 7.37. The molecule has 2 aliphatic heterocycles. The lowest BCUT2D eigenvalue weighted by atomic mass is 10.0. The summed E-state index contributed by atoms with van der Waals surface area (Å²) in [7, 11) is 0. The van der Waals surface area contributed by atoms with Crippen molar-refractivity contribution in [2.24, 2.45) is 0 Å². The minimum absolute atomic E-state index is 0.0420. The van der Waals surface area contributed by atoms with Crippen molar-refractivity contribution in [3.63, 3.8) is 0 Å². The number of amides is 1. The van der Waals surface area contributed by atoms with Crippen LogP contribution in [-0.4, -0.2) is 55.9 Å². The molecule has 0 aromatic carbocycles. The highest BCUT2D eigenvalue weighted by Gasteiger charge is 2.39. The van der Waals surface area contributed by atoms with Gasteiger partial charge in [0.2, 0.25) is 5.91 Å². The van der Waals surface area contributed by atoms with E-state index in [9.17, 15) is 4.79 Å². The number of carbonyl (C=O) groups is 1. The van der Waals surface area contributed by atoms with E-state index in [-0.39, 0.29) is 18.1 Å². The van der Waals surface area contributed by atoms with Crippen molar-refractivity contribution in [2.45, 2.75) is 12.1 Å². The van der Waals surface area contributed by atoms with Crippen LogP contribution in [0.1, 0.15) is 4.88 Å². The Balaban J connectivity index is 1.67. The third-order valence-electron chi connectivity index (χ3n) is 3.51. The third kappa shape index (κ3) is 3.14. The van der Waals surface area contributed by atoms with Crippen LogP contribution in [0.15, 0.2) is 17.5 Å². The van der Waals surface area contributed by atoms with E-state index in [0.29, 0.717) is 19.8 Å². The van der Waals surface area contributed by atoms with E-state index in [1.54, 1.807) is 11.3 Å². The topological polar surface area (TPSA) is 50.8 Å². The molecular weight excluding hydrogens is 264 g/mol. The SMILES string of the molecule is O=C1CO[C@]2(CN1)COCCN(Cc1cccs1)C2. The van der Waals surface area contributed by atoms with Gasteiger partial charge < -0.3 is 14.8 Å². The monoisotopic (exact) mass is 282 g/mol. The molecule has 1 aromatic rings. The van der Waals surface area contributed by atoms with Gasteiger partial charge in [-0.05, 0) is 11.4 Å². The predicted molar refractivity (Wildman–Crippen MR) is 72.1 cm³/mol. The molecule has 5 nitrogen and oxygen atoms in total. The molecule has 104 valence electrons. The lowest BCUT2D eigenvalue weighted by Gasteiger charge is -2.38. The van der Waals surface area contributed by atoms with E-state index in [4.69, 9.17) is 9.47 Å². The molecule has 3 rings (SSSR count). The highest BCUT2D eigenvalue weighted by molar-refractivity contribution is 7.09. The molecule has 2 saturated heterocycles. The summed E-state index contributed by atoms with van der Waals surface area (Å²) in [5, 5.41) is 4.98. The van der Waals surface area contributed by atoms with Crippen molar-refractivity contribution in [3.05, 3.63) is 22.4 Å². The fourth-order valence-corrected chi connectivity index (χ4v) is 3.26. The average Bonchev–Trinajstić information content (AvgIpc) is 2.83. The zero-order valence-corrected chi connectivity index (χ0v) is 11.6. The fourth-order valence-electron chi connectivity index (χ4n) is 2.52. The maximum Gasteiger partial charge on any atom is 0.246 e. The third-order valence-corrected chi connectivity index (χ3v) is 4.37. The Bertz CT molecular complexity index is 425. The van der Waals surface area contributed by atoms with Gasteiger partial charge >= 0.3 is 0 Å². The van der Waals surface area contributed by atoms with Gasteiger partial charge in [0.25, 0.3) is 0 Å². The number of nitrogens with zero attached hydrogens (tertiary/aromatic N) is 1. The number of nitrogens with one attached hydrogen (secondary N) is 1. The molecule has 0 radical (unpaired) electrons. The predicted octanol–water partition coefficient (Wildman–Crippen LogP) is 0.466. The molecule has 2 aliphatic rings. The van der Waals surface area contributed by atoms with Gasteiger partial charge in [0.05, 0.1) is 19.8 Å². The van der Waals surface area contributed by atoms with E-state index in [0.717, 1.165) is 19.6 Å². The largest absolute Gasteiger partial charge is 0.377 e. The lowest BCUT2D eigenvalue weighted by molar-refractivity contribution is -0.151. The van der Waals surface area contributed by atoms with Crippen LogP contribution in [0.4, 0.5) is 0 Å². The summed E-state index contributed by atoms with van der Waals surface area (Å²) < 4.78 is 11.4. The summed E-state index contributed by atoms with van der Waals surface area (Å²) >= 11 is 1.77. The van der Waals surface area contributed by atoms with E-state index >= 15 is 0 Å². The number of hydrogen-bond acceptors (Lipinski definition) is 5. The maximum absolute atomic E-state index is 11.2. The average molecular weight is 282 g/mol. The maximum atomic E-state index is 11.2. The summed E-state index contributed by atoms with van der Waals surface area (Å²) in [5.74, 6) is -0.0420. The molecule has 0 bridgehead atoms. The molecule has 1 spiro atoms. The number of hydrogen-bond donors (Lipinski definition) is 1. The van der Waals surface area contributed by atoms with Gasteiger partial charge in [0, 0.05) is 24.5 Å². The molecule has 2 fully saturated rings. The van der Waals surface area contributed by atoms with E-state index in [1.807, 2.05) is 0 Å². The minimum Gasteiger partial charge on any atom is -0.377 e. The molecule has 6 heteroatoms. The Hall–Kier alpha value is -0.950. The van der Waals surface area contributed by atoms with Crippen LogP contribution in [0.2, 0.25) is 0 Å². The second-order valence-corrected chi connectivity index (χ2v) is 6.12. The number of rotatable bonds is 2. The Morgan fingerprint density at radius 1 is 1.53 bits per heavy atom. The Kier molecular flexibility index (Phi) is 3.83. The fraction of sp³-hybridized carbons (Fsp3) is 0.615. The van der Waals surface area contributed by atoms with Crippen molar-refractivity contribution >= 4 is 17.2 Å². The second kappa shape index (κ2) is 5.58. The van der Waals surface area contributed by atoms with Crippen LogP contribution in [0.25, 0.3) is 0 Å². The first-order valence-electron chi connectivity index (χ1n) is 6.49. The van der Waals surface area contributed by atoms with E-state index in [2.05, 4.69) is 27.7 Å². The van der Waals surface area contributed by atoms with Crippen LogP contribution in [-0.2, 0) is 20.8 Å². The van der Waals surface area contributed by atoms with Crippen LogP contribution in [0.3, 0.4) is 0 Å². The molecule has 1 N–H and O–H groups in total. The molecule has 0 unspecified atom stereocenters. The molecule has 19 heavy (non-hydrogen) atoms. The number of ether oxygens (including phenoxy) is 2. The van der Waals surface area contributed by atoms with Crippen LogP contribution in [0, 0.1) is 0 Å². The second-order valence-electron chi connectivity index (χ2n) is 5.09. The zero-order chi connectivity index (χ0) is 13.1. The summed E-state index contributed by atoms with van der Waals surface area (Å²) in [4.78, 5) is 14.9.